The SMILES string of the molecule is CN=C(NCc1nc(C)c(C)s1)NC1CC1C1CCCCC1.I. The predicted octanol–water partition coefficient (Wildman–Crippen LogP) is 4.01. The second-order valence-electron chi connectivity index (χ2n) is 6.72. The Kier molecular flexibility index (Phi) is 7.13. The van der Waals surface area contributed by atoms with E-state index in [-0.39, 0.29) is 24.0 Å². The van der Waals surface area contributed by atoms with E-state index in [4.69, 9.17) is 0 Å². The van der Waals surface area contributed by atoms with Crippen molar-refractivity contribution in [3.63, 3.8) is 0 Å². The van der Waals surface area contributed by atoms with Gasteiger partial charge >= 0.3 is 0 Å². The minimum Gasteiger partial charge on any atom is -0.353 e. The lowest BCUT2D eigenvalue weighted by atomic mass is 9.85. The number of rotatable bonds is 4. The Hall–Kier alpha value is -0.370. The van der Waals surface area contributed by atoms with Gasteiger partial charge in [-0.25, -0.2) is 4.98 Å². The minimum atomic E-state index is 0. The largest absolute Gasteiger partial charge is 0.353 e. The van der Waals surface area contributed by atoms with Crippen LogP contribution in [-0.2, 0) is 6.54 Å². The van der Waals surface area contributed by atoms with Gasteiger partial charge < -0.3 is 10.6 Å². The van der Waals surface area contributed by atoms with Gasteiger partial charge in [-0.1, -0.05) is 32.1 Å². The molecule has 0 bridgehead atoms. The van der Waals surface area contributed by atoms with Gasteiger partial charge in [-0.05, 0) is 32.1 Å². The fourth-order valence-corrected chi connectivity index (χ4v) is 4.48. The van der Waals surface area contributed by atoms with Crippen LogP contribution >= 0.6 is 35.3 Å². The maximum absolute atomic E-state index is 4.57. The van der Waals surface area contributed by atoms with Crippen LogP contribution in [-0.4, -0.2) is 24.0 Å². The molecule has 1 aromatic heterocycles. The molecule has 2 aliphatic rings. The second-order valence-corrected chi connectivity index (χ2v) is 8.01. The standard InChI is InChI=1S/C17H28N4S.HI/c1-11-12(2)22-16(20-11)10-19-17(18-3)21-15-9-14(15)13-7-5-4-6-8-13;/h13-15H,4-10H2,1-3H3,(H2,18,19,21);1H. The monoisotopic (exact) mass is 448 g/mol. The van der Waals surface area contributed by atoms with Crippen molar-refractivity contribution in [2.45, 2.75) is 65.0 Å². The average molecular weight is 448 g/mol. The zero-order chi connectivity index (χ0) is 15.5. The highest BCUT2D eigenvalue weighted by Crippen LogP contribution is 2.44. The molecule has 130 valence electrons. The lowest BCUT2D eigenvalue weighted by Gasteiger charge is -2.22. The van der Waals surface area contributed by atoms with Gasteiger partial charge in [0.2, 0.25) is 0 Å². The molecule has 2 unspecified atom stereocenters. The Morgan fingerprint density at radius 1 is 1.26 bits per heavy atom. The summed E-state index contributed by atoms with van der Waals surface area (Å²) in [6.45, 7) is 4.96. The van der Waals surface area contributed by atoms with Gasteiger partial charge in [-0.3, -0.25) is 4.99 Å². The lowest BCUT2D eigenvalue weighted by molar-refractivity contribution is 0.315. The predicted molar refractivity (Wildman–Crippen MR) is 109 cm³/mol. The summed E-state index contributed by atoms with van der Waals surface area (Å²) < 4.78 is 0. The molecule has 0 amide bonds. The highest BCUT2D eigenvalue weighted by Gasteiger charge is 2.43. The van der Waals surface area contributed by atoms with Gasteiger partial charge in [-0.15, -0.1) is 35.3 Å². The zero-order valence-corrected chi connectivity index (χ0v) is 17.5. The van der Waals surface area contributed by atoms with Gasteiger partial charge in [0.05, 0.1) is 12.2 Å². The summed E-state index contributed by atoms with van der Waals surface area (Å²) >= 11 is 1.77. The minimum absolute atomic E-state index is 0. The van der Waals surface area contributed by atoms with E-state index in [1.165, 1.54) is 43.4 Å². The molecule has 0 aromatic carbocycles. The first kappa shape index (κ1) is 19.0. The molecule has 0 spiro atoms. The molecule has 3 rings (SSSR count). The first-order valence-electron chi connectivity index (χ1n) is 8.57. The molecule has 0 aliphatic heterocycles. The number of aryl methyl sites for hydroxylation is 2. The second kappa shape index (κ2) is 8.65. The van der Waals surface area contributed by atoms with Crippen molar-refractivity contribution in [2.75, 3.05) is 7.05 Å². The van der Waals surface area contributed by atoms with Crippen molar-refractivity contribution in [3.8, 4) is 0 Å². The van der Waals surface area contributed by atoms with Crippen molar-refractivity contribution in [1.29, 1.82) is 0 Å². The van der Waals surface area contributed by atoms with Crippen molar-refractivity contribution in [1.82, 2.24) is 15.6 Å². The number of thiazole rings is 1. The fourth-order valence-electron chi connectivity index (χ4n) is 3.61. The summed E-state index contributed by atoms with van der Waals surface area (Å²) in [7, 11) is 1.85. The van der Waals surface area contributed by atoms with Crippen molar-refractivity contribution < 1.29 is 0 Å². The van der Waals surface area contributed by atoms with E-state index in [0.29, 0.717) is 6.04 Å². The van der Waals surface area contributed by atoms with E-state index in [0.717, 1.165) is 35.0 Å². The maximum Gasteiger partial charge on any atom is 0.191 e. The third-order valence-corrected chi connectivity index (χ3v) is 6.19. The molecule has 2 N–H and O–H groups in total. The highest BCUT2D eigenvalue weighted by molar-refractivity contribution is 14.0. The summed E-state index contributed by atoms with van der Waals surface area (Å²) in [5.74, 6) is 2.76. The van der Waals surface area contributed by atoms with Gasteiger partial charge in [0, 0.05) is 18.0 Å². The van der Waals surface area contributed by atoms with Crippen LogP contribution in [0.4, 0.5) is 0 Å². The van der Waals surface area contributed by atoms with Crippen LogP contribution in [0.1, 0.15) is 54.1 Å². The fraction of sp³-hybridized carbons (Fsp3) is 0.765. The molecule has 6 heteroatoms. The van der Waals surface area contributed by atoms with Gasteiger partial charge in [0.1, 0.15) is 5.01 Å². The normalized spacial score (nSPS) is 24.9. The van der Waals surface area contributed by atoms with Gasteiger partial charge in [-0.2, -0.15) is 0 Å². The number of nitrogens with zero attached hydrogens (tertiary/aromatic N) is 2. The average Bonchev–Trinajstić information content (AvgIpc) is 3.23. The van der Waals surface area contributed by atoms with Crippen molar-refractivity contribution in [3.05, 3.63) is 15.6 Å². The Morgan fingerprint density at radius 2 is 2.00 bits per heavy atom. The first-order chi connectivity index (χ1) is 10.7. The number of guanidine groups is 1. The molecule has 2 aliphatic carbocycles. The van der Waals surface area contributed by atoms with Crippen LogP contribution in [0, 0.1) is 25.7 Å². The van der Waals surface area contributed by atoms with E-state index in [1.54, 1.807) is 11.3 Å². The molecule has 1 aromatic rings. The smallest absolute Gasteiger partial charge is 0.191 e. The Morgan fingerprint density at radius 3 is 2.61 bits per heavy atom. The van der Waals surface area contributed by atoms with Gasteiger partial charge in [0.25, 0.3) is 0 Å². The quantitative estimate of drug-likeness (QED) is 0.416. The number of hydrogen-bond acceptors (Lipinski definition) is 3. The summed E-state index contributed by atoms with van der Waals surface area (Å²) in [6, 6.07) is 0.633. The molecule has 2 atom stereocenters. The maximum atomic E-state index is 4.57. The lowest BCUT2D eigenvalue weighted by Crippen LogP contribution is -2.39. The van der Waals surface area contributed by atoms with Crippen LogP contribution in [0.5, 0.6) is 0 Å². The van der Waals surface area contributed by atoms with Crippen LogP contribution in [0.3, 0.4) is 0 Å². The Balaban J connectivity index is 0.00000192. The van der Waals surface area contributed by atoms with Crippen LogP contribution in [0.2, 0.25) is 0 Å². The van der Waals surface area contributed by atoms with Crippen LogP contribution in [0.25, 0.3) is 0 Å². The van der Waals surface area contributed by atoms with Gasteiger partial charge in [0.15, 0.2) is 5.96 Å². The molecule has 2 fully saturated rings. The molecular formula is C17H29IN4S. The topological polar surface area (TPSA) is 49.3 Å². The van der Waals surface area contributed by atoms with Crippen LogP contribution in [0.15, 0.2) is 4.99 Å². The number of halogens is 1. The molecule has 1 heterocycles. The number of aliphatic imine (C=N–C) groups is 1. The summed E-state index contributed by atoms with van der Waals surface area (Å²) in [6.07, 6.45) is 8.50. The molecule has 4 nitrogen and oxygen atoms in total. The zero-order valence-electron chi connectivity index (χ0n) is 14.4. The third kappa shape index (κ3) is 5.05. The summed E-state index contributed by atoms with van der Waals surface area (Å²) in [5.41, 5.74) is 1.14. The van der Waals surface area contributed by atoms with Crippen molar-refractivity contribution >= 4 is 41.3 Å². The van der Waals surface area contributed by atoms with E-state index in [1.807, 2.05) is 7.05 Å². The Bertz CT molecular complexity index is 517. The number of aromatic nitrogens is 1. The first-order valence-corrected chi connectivity index (χ1v) is 9.39. The van der Waals surface area contributed by atoms with E-state index in [2.05, 4.69) is 34.5 Å². The summed E-state index contributed by atoms with van der Waals surface area (Å²) in [4.78, 5) is 10.2. The Labute approximate surface area is 161 Å². The van der Waals surface area contributed by atoms with E-state index < -0.39 is 0 Å². The number of nitrogens with one attached hydrogen (secondary N) is 2. The van der Waals surface area contributed by atoms with Crippen molar-refractivity contribution in [2.24, 2.45) is 16.8 Å². The number of hydrogen-bond donors (Lipinski definition) is 2. The molecular weight excluding hydrogens is 419 g/mol. The van der Waals surface area contributed by atoms with E-state index in [9.17, 15) is 0 Å². The van der Waals surface area contributed by atoms with Crippen LogP contribution < -0.4 is 10.6 Å². The molecule has 0 saturated heterocycles. The molecule has 2 saturated carbocycles. The highest BCUT2D eigenvalue weighted by atomic mass is 127. The molecule has 23 heavy (non-hydrogen) atoms. The summed E-state index contributed by atoms with van der Waals surface area (Å²) in [5, 5.41) is 8.14. The third-order valence-electron chi connectivity index (χ3n) is 5.12. The van der Waals surface area contributed by atoms with E-state index >= 15 is 0 Å². The molecule has 0 radical (unpaired) electrons.